The van der Waals surface area contributed by atoms with Crippen molar-refractivity contribution < 1.29 is 22.5 Å². The number of carboxylic acid groups (broad SMARTS) is 1. The average molecular weight is 343 g/mol. The van der Waals surface area contributed by atoms with Crippen molar-refractivity contribution in [3.8, 4) is 0 Å². The third-order valence-electron chi connectivity index (χ3n) is 2.90. The van der Waals surface area contributed by atoms with E-state index in [9.17, 15) is 17.4 Å². The summed E-state index contributed by atoms with van der Waals surface area (Å²) in [5.41, 5.74) is 0. The number of hydrogen-bond donors (Lipinski definition) is 1. The van der Waals surface area contributed by atoms with Gasteiger partial charge in [-0.15, -0.1) is 0 Å². The predicted octanol–water partition coefficient (Wildman–Crippen LogP) is 1.25. The van der Waals surface area contributed by atoms with Crippen LogP contribution in [-0.2, 0) is 21.4 Å². The molecule has 0 heterocycles. The van der Waals surface area contributed by atoms with E-state index in [2.05, 4.69) is 0 Å². The number of unbranched alkanes of at least 4 members (excludes halogenated alkanes) is 2. The smallest absolute Gasteiger partial charge is 0.420 e. The summed E-state index contributed by atoms with van der Waals surface area (Å²) >= 11 is -2.30. The molecular weight excluding hydrogens is 318 g/mol. The molecule has 0 rings (SSSR count). The molecule has 0 fully saturated rings. The summed E-state index contributed by atoms with van der Waals surface area (Å²) in [5.74, 6) is 0. The highest BCUT2D eigenvalue weighted by Gasteiger charge is 2.33. The van der Waals surface area contributed by atoms with Gasteiger partial charge in [0, 0.05) is 27.2 Å². The quantitative estimate of drug-likeness (QED) is 0.644. The molecule has 0 aromatic rings. The Morgan fingerprint density at radius 3 is 1.86 bits per heavy atom. The molecule has 0 aromatic carbocycles. The normalized spacial score (nSPS) is 13.6. The van der Waals surface area contributed by atoms with Crippen LogP contribution in [0.1, 0.15) is 39.5 Å². The lowest BCUT2D eigenvalue weighted by Gasteiger charge is -2.28. The van der Waals surface area contributed by atoms with Crippen molar-refractivity contribution in [3.05, 3.63) is 0 Å². The molecule has 0 saturated carbocycles. The Kier molecular flexibility index (Phi) is 9.02. The van der Waals surface area contributed by atoms with Gasteiger partial charge in [0.25, 0.3) is 10.2 Å². The Morgan fingerprint density at radius 2 is 1.52 bits per heavy atom. The summed E-state index contributed by atoms with van der Waals surface area (Å²) < 4.78 is 39.2. The molecule has 0 saturated heterocycles. The van der Waals surface area contributed by atoms with Crippen LogP contribution in [0.25, 0.3) is 0 Å². The van der Waals surface area contributed by atoms with Gasteiger partial charge in [-0.05, 0) is 12.8 Å². The van der Waals surface area contributed by atoms with Gasteiger partial charge in [0.2, 0.25) is 11.2 Å². The van der Waals surface area contributed by atoms with Crippen molar-refractivity contribution in [2.75, 3.05) is 27.2 Å². The molecule has 1 unspecified atom stereocenters. The maximum absolute atomic E-state index is 12.5. The molecule has 0 aliphatic rings. The molecule has 126 valence electrons. The van der Waals surface area contributed by atoms with Crippen LogP contribution in [0.5, 0.6) is 0 Å². The highest BCUT2D eigenvalue weighted by atomic mass is 32.3. The van der Waals surface area contributed by atoms with Gasteiger partial charge in [0.15, 0.2) is 0 Å². The molecule has 0 radical (unpaired) electrons. The van der Waals surface area contributed by atoms with E-state index >= 15 is 0 Å². The first-order valence-corrected chi connectivity index (χ1v) is 9.28. The van der Waals surface area contributed by atoms with Crippen LogP contribution in [0, 0.1) is 0 Å². The minimum Gasteiger partial charge on any atom is -0.464 e. The van der Waals surface area contributed by atoms with E-state index in [4.69, 9.17) is 5.11 Å². The third kappa shape index (κ3) is 5.89. The highest BCUT2D eigenvalue weighted by molar-refractivity contribution is 7.99. The second-order valence-electron chi connectivity index (χ2n) is 4.53. The lowest BCUT2D eigenvalue weighted by atomic mass is 10.3. The Labute approximate surface area is 129 Å². The molecule has 1 atom stereocenters. The van der Waals surface area contributed by atoms with Gasteiger partial charge >= 0.3 is 6.09 Å². The minimum atomic E-state index is -3.96. The Morgan fingerprint density at radius 1 is 1.10 bits per heavy atom. The van der Waals surface area contributed by atoms with Crippen molar-refractivity contribution in [2.24, 2.45) is 0 Å². The fraction of sp³-hybridized carbons (Fsp3) is 0.909. The van der Waals surface area contributed by atoms with Crippen LogP contribution in [-0.4, -0.2) is 63.3 Å². The van der Waals surface area contributed by atoms with E-state index < -0.39 is 27.5 Å². The van der Waals surface area contributed by atoms with Gasteiger partial charge in [-0.1, -0.05) is 30.4 Å². The molecular formula is C11H25N3O5S2. The summed E-state index contributed by atoms with van der Waals surface area (Å²) in [6, 6.07) is 0. The maximum Gasteiger partial charge on any atom is 0.420 e. The highest BCUT2D eigenvalue weighted by Crippen LogP contribution is 2.13. The van der Waals surface area contributed by atoms with E-state index in [1.54, 1.807) is 0 Å². The van der Waals surface area contributed by atoms with Gasteiger partial charge in [-0.2, -0.15) is 12.7 Å². The lowest BCUT2D eigenvalue weighted by Crippen LogP contribution is -2.47. The molecule has 1 amide bonds. The average Bonchev–Trinajstić information content (AvgIpc) is 2.44. The molecule has 10 heteroatoms. The SMILES string of the molecule is CCCCN(CCCC)S(=O)(=O)N(C)S(=O)N(C)C(=O)O. The Hall–Kier alpha value is -0.710. The molecule has 21 heavy (non-hydrogen) atoms. The zero-order chi connectivity index (χ0) is 16.6. The first-order chi connectivity index (χ1) is 9.69. The topological polar surface area (TPSA) is 98.2 Å². The predicted molar refractivity (Wildman–Crippen MR) is 82.0 cm³/mol. The summed E-state index contributed by atoms with van der Waals surface area (Å²) in [5, 5.41) is 8.79. The second kappa shape index (κ2) is 9.34. The van der Waals surface area contributed by atoms with Gasteiger partial charge in [-0.3, -0.25) is 0 Å². The molecule has 0 aliphatic carbocycles. The first kappa shape index (κ1) is 20.3. The van der Waals surface area contributed by atoms with E-state index in [-0.39, 0.29) is 0 Å². The number of rotatable bonds is 10. The van der Waals surface area contributed by atoms with E-state index in [0.29, 0.717) is 33.9 Å². The largest absolute Gasteiger partial charge is 0.464 e. The summed E-state index contributed by atoms with van der Waals surface area (Å²) in [4.78, 5) is 10.8. The molecule has 0 spiro atoms. The fourth-order valence-corrected chi connectivity index (χ4v) is 4.24. The van der Waals surface area contributed by atoms with Crippen molar-refractivity contribution in [1.82, 2.24) is 12.3 Å². The molecule has 0 aliphatic heterocycles. The number of hydrogen-bond acceptors (Lipinski definition) is 4. The van der Waals surface area contributed by atoms with Crippen LogP contribution in [0.15, 0.2) is 0 Å². The first-order valence-electron chi connectivity index (χ1n) is 6.82. The Bertz CT molecular complexity index is 447. The van der Waals surface area contributed by atoms with Crippen LogP contribution in [0.3, 0.4) is 0 Å². The number of carbonyl (C=O) groups is 1. The molecule has 0 bridgehead atoms. The summed E-state index contributed by atoms with van der Waals surface area (Å²) in [6.07, 6.45) is 1.60. The molecule has 1 N–H and O–H groups in total. The van der Waals surface area contributed by atoms with Crippen LogP contribution in [0.2, 0.25) is 0 Å². The Balaban J connectivity index is 5.16. The van der Waals surface area contributed by atoms with Crippen LogP contribution < -0.4 is 0 Å². The molecule has 8 nitrogen and oxygen atoms in total. The van der Waals surface area contributed by atoms with Crippen LogP contribution in [0.4, 0.5) is 4.79 Å². The van der Waals surface area contributed by atoms with E-state index in [1.807, 2.05) is 13.8 Å². The number of amides is 1. The number of nitrogens with zero attached hydrogens (tertiary/aromatic N) is 3. The fourth-order valence-electron chi connectivity index (χ4n) is 1.49. The summed E-state index contributed by atoms with van der Waals surface area (Å²) in [7, 11) is -1.78. The maximum atomic E-state index is 12.5. The van der Waals surface area contributed by atoms with Crippen molar-refractivity contribution in [3.63, 3.8) is 0 Å². The van der Waals surface area contributed by atoms with Gasteiger partial charge in [-0.25, -0.2) is 13.3 Å². The van der Waals surface area contributed by atoms with Crippen molar-refractivity contribution in [1.29, 1.82) is 0 Å². The standard InChI is InChI=1S/C11H25N3O5S2/c1-5-7-9-14(10-8-6-2)21(18,19)13(4)20(17)12(3)11(15)16/h5-10H2,1-4H3,(H,15,16). The molecule has 0 aromatic heterocycles. The summed E-state index contributed by atoms with van der Waals surface area (Å²) in [6.45, 7) is 4.56. The third-order valence-corrected chi connectivity index (χ3v) is 6.58. The zero-order valence-corrected chi connectivity index (χ0v) is 14.6. The monoisotopic (exact) mass is 343 g/mol. The van der Waals surface area contributed by atoms with Crippen molar-refractivity contribution in [2.45, 2.75) is 39.5 Å². The van der Waals surface area contributed by atoms with E-state index in [1.165, 1.54) is 4.31 Å². The van der Waals surface area contributed by atoms with Crippen LogP contribution >= 0.6 is 0 Å². The van der Waals surface area contributed by atoms with E-state index in [0.717, 1.165) is 26.9 Å². The lowest BCUT2D eigenvalue weighted by molar-refractivity contribution is 0.179. The van der Waals surface area contributed by atoms with Gasteiger partial charge in [0.1, 0.15) is 0 Å². The van der Waals surface area contributed by atoms with Crippen molar-refractivity contribution >= 4 is 27.5 Å². The zero-order valence-electron chi connectivity index (χ0n) is 13.0. The van der Waals surface area contributed by atoms with Gasteiger partial charge in [0.05, 0.1) is 0 Å². The second-order valence-corrected chi connectivity index (χ2v) is 8.28. The minimum absolute atomic E-state index is 0.331. The van der Waals surface area contributed by atoms with Gasteiger partial charge < -0.3 is 5.11 Å².